The number of nitro groups is 1. The molecule has 0 aliphatic carbocycles. The molecule has 3 aromatic carbocycles. The predicted octanol–water partition coefficient (Wildman–Crippen LogP) is 2.92. The van der Waals surface area contributed by atoms with E-state index in [1.165, 1.54) is 0 Å². The molecule has 0 aliphatic rings. The van der Waals surface area contributed by atoms with Crippen LogP contribution in [-0.2, 0) is 0 Å². The van der Waals surface area contributed by atoms with E-state index in [2.05, 4.69) is 22.4 Å². The molecule has 26 heavy (non-hydrogen) atoms. The second-order valence-corrected chi connectivity index (χ2v) is 8.08. The number of benzene rings is 3. The first-order valence-corrected chi connectivity index (χ1v) is 9.83. The molecular formula is C19H14N4O2Se. The van der Waals surface area contributed by atoms with Crippen LogP contribution in [0.1, 0.15) is 10.5 Å². The second kappa shape index (κ2) is 7.07. The van der Waals surface area contributed by atoms with Crippen molar-refractivity contribution in [2.75, 3.05) is 0 Å². The average Bonchev–Trinajstić information content (AvgIpc) is 3.11. The molecule has 0 amide bonds. The Labute approximate surface area is 155 Å². The van der Waals surface area contributed by atoms with Crippen LogP contribution in [0.25, 0.3) is 11.0 Å². The van der Waals surface area contributed by atoms with Gasteiger partial charge in [-0.3, -0.25) is 0 Å². The van der Waals surface area contributed by atoms with E-state index in [0.717, 1.165) is 21.1 Å². The van der Waals surface area contributed by atoms with E-state index in [1.807, 2.05) is 59.3 Å². The van der Waals surface area contributed by atoms with Crippen LogP contribution in [0.15, 0.2) is 78.9 Å². The molecule has 1 unspecified atom stereocenters. The van der Waals surface area contributed by atoms with Crippen molar-refractivity contribution in [2.24, 2.45) is 0 Å². The van der Waals surface area contributed by atoms with Crippen LogP contribution in [0, 0.1) is 10.1 Å². The molecule has 0 N–H and O–H groups in total. The van der Waals surface area contributed by atoms with Crippen LogP contribution in [0.3, 0.4) is 0 Å². The first kappa shape index (κ1) is 16.4. The Hall–Kier alpha value is -3.02. The standard InChI is InChI=1S/C19H14N4O2Se/c24-23(25)15-10-12-16(13-11-15)26-19(14-6-2-1-3-7-14)22-18-9-5-4-8-17(18)20-21-22/h1-13,19H. The molecule has 0 saturated carbocycles. The van der Waals surface area contributed by atoms with Gasteiger partial charge in [0.2, 0.25) is 0 Å². The normalized spacial score (nSPS) is 12.2. The van der Waals surface area contributed by atoms with Gasteiger partial charge in [0.1, 0.15) is 0 Å². The monoisotopic (exact) mass is 410 g/mol. The average molecular weight is 409 g/mol. The van der Waals surface area contributed by atoms with Crippen molar-refractivity contribution in [2.45, 2.75) is 4.94 Å². The Kier molecular flexibility index (Phi) is 4.48. The molecule has 1 heterocycles. The van der Waals surface area contributed by atoms with Crippen LogP contribution >= 0.6 is 0 Å². The number of hydrogen-bond donors (Lipinski definition) is 0. The fourth-order valence-electron chi connectivity index (χ4n) is 2.71. The summed E-state index contributed by atoms with van der Waals surface area (Å²) in [5.41, 5.74) is 3.08. The van der Waals surface area contributed by atoms with E-state index < -0.39 is 0 Å². The molecule has 0 bridgehead atoms. The van der Waals surface area contributed by atoms with Gasteiger partial charge in [0.05, 0.1) is 0 Å². The summed E-state index contributed by atoms with van der Waals surface area (Å²) >= 11 is -0.0209. The van der Waals surface area contributed by atoms with Gasteiger partial charge in [0, 0.05) is 0 Å². The van der Waals surface area contributed by atoms with E-state index in [9.17, 15) is 10.1 Å². The van der Waals surface area contributed by atoms with Gasteiger partial charge >= 0.3 is 156 Å². The third-order valence-corrected chi connectivity index (χ3v) is 6.58. The Morgan fingerprint density at radius 3 is 2.35 bits per heavy atom. The van der Waals surface area contributed by atoms with Crippen molar-refractivity contribution in [3.63, 3.8) is 0 Å². The topological polar surface area (TPSA) is 73.8 Å². The summed E-state index contributed by atoms with van der Waals surface area (Å²) in [6, 6.07) is 24.8. The Balaban J connectivity index is 1.75. The molecule has 0 radical (unpaired) electrons. The van der Waals surface area contributed by atoms with Gasteiger partial charge < -0.3 is 0 Å². The Bertz CT molecular complexity index is 1050. The van der Waals surface area contributed by atoms with Crippen molar-refractivity contribution in [1.29, 1.82) is 0 Å². The predicted molar refractivity (Wildman–Crippen MR) is 101 cm³/mol. The van der Waals surface area contributed by atoms with E-state index >= 15 is 0 Å². The van der Waals surface area contributed by atoms with Gasteiger partial charge in [0.15, 0.2) is 0 Å². The van der Waals surface area contributed by atoms with Gasteiger partial charge in [-0.2, -0.15) is 0 Å². The molecule has 4 rings (SSSR count). The molecule has 6 nitrogen and oxygen atoms in total. The number of nitro benzene ring substituents is 1. The Morgan fingerprint density at radius 2 is 1.62 bits per heavy atom. The minimum atomic E-state index is -0.379. The molecule has 4 aromatic rings. The quantitative estimate of drug-likeness (QED) is 0.289. The van der Waals surface area contributed by atoms with Crippen molar-refractivity contribution >= 4 is 36.1 Å². The first-order chi connectivity index (χ1) is 12.7. The number of hydrogen-bond acceptors (Lipinski definition) is 4. The van der Waals surface area contributed by atoms with Crippen LogP contribution in [0.5, 0.6) is 0 Å². The van der Waals surface area contributed by atoms with Crippen molar-refractivity contribution in [3.05, 3.63) is 94.5 Å². The van der Waals surface area contributed by atoms with Crippen LogP contribution in [0.4, 0.5) is 5.69 Å². The molecule has 0 spiro atoms. The fraction of sp³-hybridized carbons (Fsp3) is 0.0526. The first-order valence-electron chi connectivity index (χ1n) is 7.98. The van der Waals surface area contributed by atoms with E-state index in [-0.39, 0.29) is 30.5 Å². The summed E-state index contributed by atoms with van der Waals surface area (Å²) in [5.74, 6) is 0. The van der Waals surface area contributed by atoms with Crippen molar-refractivity contribution in [1.82, 2.24) is 15.0 Å². The number of rotatable bonds is 5. The zero-order chi connectivity index (χ0) is 17.9. The maximum atomic E-state index is 10.9. The summed E-state index contributed by atoms with van der Waals surface area (Å²) in [5, 5.41) is 19.5. The number of aromatic nitrogens is 3. The number of non-ortho nitro benzene ring substituents is 1. The second-order valence-electron chi connectivity index (χ2n) is 5.65. The zero-order valence-corrected chi connectivity index (χ0v) is 15.3. The summed E-state index contributed by atoms with van der Waals surface area (Å²) in [6.45, 7) is 0. The fourth-order valence-corrected chi connectivity index (χ4v) is 5.02. The molecule has 0 saturated heterocycles. The minimum absolute atomic E-state index is 0.0116. The molecule has 7 heteroatoms. The SMILES string of the molecule is O=[N+]([O-])c1ccc([Se]C(c2ccccc2)n2nnc3ccccc32)cc1. The molecule has 1 aromatic heterocycles. The number of nitrogens with zero attached hydrogens (tertiary/aromatic N) is 4. The van der Waals surface area contributed by atoms with E-state index in [0.29, 0.717) is 0 Å². The molecule has 1 atom stereocenters. The van der Waals surface area contributed by atoms with Crippen molar-refractivity contribution < 1.29 is 4.92 Å². The van der Waals surface area contributed by atoms with Crippen LogP contribution in [0.2, 0.25) is 0 Å². The molecule has 0 fully saturated rings. The van der Waals surface area contributed by atoms with Gasteiger partial charge in [-0.1, -0.05) is 0 Å². The van der Waals surface area contributed by atoms with E-state index in [1.54, 1.807) is 12.1 Å². The zero-order valence-electron chi connectivity index (χ0n) is 13.6. The summed E-state index contributed by atoms with van der Waals surface area (Å²) in [4.78, 5) is 10.5. The number of fused-ring (bicyclic) bond motifs is 1. The van der Waals surface area contributed by atoms with Crippen LogP contribution in [-0.4, -0.2) is 34.9 Å². The molecule has 128 valence electrons. The van der Waals surface area contributed by atoms with Gasteiger partial charge in [-0.05, 0) is 0 Å². The molecule has 0 aliphatic heterocycles. The number of para-hydroxylation sites is 1. The van der Waals surface area contributed by atoms with Crippen molar-refractivity contribution in [3.8, 4) is 0 Å². The molecular weight excluding hydrogens is 395 g/mol. The van der Waals surface area contributed by atoms with Gasteiger partial charge in [0.25, 0.3) is 0 Å². The third kappa shape index (κ3) is 3.22. The Morgan fingerprint density at radius 1 is 0.923 bits per heavy atom. The summed E-state index contributed by atoms with van der Waals surface area (Å²) < 4.78 is 3.02. The summed E-state index contributed by atoms with van der Waals surface area (Å²) in [6.07, 6.45) is 0. The van der Waals surface area contributed by atoms with Crippen LogP contribution < -0.4 is 4.46 Å². The van der Waals surface area contributed by atoms with E-state index in [4.69, 9.17) is 0 Å². The summed E-state index contributed by atoms with van der Waals surface area (Å²) in [7, 11) is 0. The third-order valence-electron chi connectivity index (χ3n) is 3.98. The maximum absolute atomic E-state index is 10.9. The van der Waals surface area contributed by atoms with Gasteiger partial charge in [-0.15, -0.1) is 0 Å². The van der Waals surface area contributed by atoms with Gasteiger partial charge in [-0.25, -0.2) is 0 Å².